The van der Waals surface area contributed by atoms with Gasteiger partial charge in [0.1, 0.15) is 0 Å². The Labute approximate surface area is 105 Å². The predicted octanol–water partition coefficient (Wildman–Crippen LogP) is 2.90. The molecule has 3 aromatic rings. The molecular weight excluding hydrogens is 226 g/mol. The van der Waals surface area contributed by atoms with Gasteiger partial charge in [-0.05, 0) is 17.5 Å². The Kier molecular flexibility index (Phi) is 2.37. The minimum atomic E-state index is 0.156. The summed E-state index contributed by atoms with van der Waals surface area (Å²) in [6.07, 6.45) is 0. The Morgan fingerprint density at radius 1 is 1.28 bits per heavy atom. The molecule has 18 heavy (non-hydrogen) atoms. The van der Waals surface area contributed by atoms with Crippen molar-refractivity contribution >= 4 is 16.8 Å². The molecule has 92 valence electrons. The first-order valence-electron chi connectivity index (χ1n) is 5.93. The number of benzene rings is 1. The fourth-order valence-corrected chi connectivity index (χ4v) is 2.39. The third kappa shape index (κ3) is 1.57. The van der Waals surface area contributed by atoms with Gasteiger partial charge in [0.15, 0.2) is 0 Å². The molecule has 4 nitrogen and oxygen atoms in total. The summed E-state index contributed by atoms with van der Waals surface area (Å²) < 4.78 is 7.12. The van der Waals surface area contributed by atoms with E-state index in [9.17, 15) is 0 Å². The van der Waals surface area contributed by atoms with E-state index in [1.165, 1.54) is 16.6 Å². The normalized spacial score (nSPS) is 13.0. The molecule has 0 saturated heterocycles. The van der Waals surface area contributed by atoms with E-state index in [0.29, 0.717) is 5.88 Å². The highest BCUT2D eigenvalue weighted by Gasteiger charge is 2.17. The second kappa shape index (κ2) is 3.91. The van der Waals surface area contributed by atoms with E-state index >= 15 is 0 Å². The van der Waals surface area contributed by atoms with Gasteiger partial charge in [-0.15, -0.1) is 0 Å². The van der Waals surface area contributed by atoms with Crippen molar-refractivity contribution in [1.82, 2.24) is 9.72 Å². The monoisotopic (exact) mass is 241 g/mol. The van der Waals surface area contributed by atoms with Crippen LogP contribution in [0.2, 0.25) is 0 Å². The maximum atomic E-state index is 5.57. The fourth-order valence-electron chi connectivity index (χ4n) is 2.39. The molecule has 2 heterocycles. The SMILES string of the molecule is CC(c1cc(N)on1)c1cc2ccccc2n1C. The number of anilines is 1. The standard InChI is InChI=1S/C14H15N3O/c1-9(11-8-14(15)18-16-11)13-7-10-5-3-4-6-12(10)17(13)2/h3-9H,15H2,1-2H3. The first-order chi connectivity index (χ1) is 8.66. The van der Waals surface area contributed by atoms with Crippen LogP contribution in [0.1, 0.15) is 24.2 Å². The van der Waals surface area contributed by atoms with Crippen molar-refractivity contribution in [2.45, 2.75) is 12.8 Å². The second-order valence-corrected chi connectivity index (χ2v) is 4.56. The van der Waals surface area contributed by atoms with Crippen LogP contribution in [0.4, 0.5) is 5.88 Å². The summed E-state index contributed by atoms with van der Waals surface area (Å²) in [5, 5.41) is 5.22. The van der Waals surface area contributed by atoms with Crippen molar-refractivity contribution in [3.05, 3.63) is 47.8 Å². The van der Waals surface area contributed by atoms with Crippen LogP contribution >= 0.6 is 0 Å². The highest BCUT2D eigenvalue weighted by molar-refractivity contribution is 5.81. The van der Waals surface area contributed by atoms with Crippen molar-refractivity contribution in [2.24, 2.45) is 7.05 Å². The van der Waals surface area contributed by atoms with E-state index in [1.54, 1.807) is 6.07 Å². The smallest absolute Gasteiger partial charge is 0.222 e. The van der Waals surface area contributed by atoms with Gasteiger partial charge in [0.05, 0.1) is 5.69 Å². The molecule has 1 aromatic carbocycles. The Morgan fingerprint density at radius 3 is 2.72 bits per heavy atom. The highest BCUT2D eigenvalue weighted by Crippen LogP contribution is 2.29. The topological polar surface area (TPSA) is 57.0 Å². The summed E-state index contributed by atoms with van der Waals surface area (Å²) in [5.41, 5.74) is 8.85. The number of nitrogens with zero attached hydrogens (tertiary/aromatic N) is 2. The lowest BCUT2D eigenvalue weighted by molar-refractivity contribution is 0.424. The molecule has 0 aliphatic heterocycles. The summed E-state index contributed by atoms with van der Waals surface area (Å²) >= 11 is 0. The Morgan fingerprint density at radius 2 is 2.06 bits per heavy atom. The summed E-state index contributed by atoms with van der Waals surface area (Å²) in [6.45, 7) is 2.10. The van der Waals surface area contributed by atoms with Gasteiger partial charge < -0.3 is 14.8 Å². The van der Waals surface area contributed by atoms with Crippen molar-refractivity contribution < 1.29 is 4.52 Å². The van der Waals surface area contributed by atoms with Crippen molar-refractivity contribution in [2.75, 3.05) is 5.73 Å². The molecule has 0 radical (unpaired) electrons. The number of fused-ring (bicyclic) bond motifs is 1. The zero-order valence-corrected chi connectivity index (χ0v) is 10.4. The molecule has 0 amide bonds. The van der Waals surface area contributed by atoms with Gasteiger partial charge in [0.2, 0.25) is 5.88 Å². The Hall–Kier alpha value is -2.23. The van der Waals surface area contributed by atoms with Crippen LogP contribution in [-0.4, -0.2) is 9.72 Å². The minimum Gasteiger partial charge on any atom is -0.368 e. The molecule has 2 aromatic heterocycles. The molecule has 0 spiro atoms. The third-order valence-corrected chi connectivity index (χ3v) is 3.42. The second-order valence-electron chi connectivity index (χ2n) is 4.56. The van der Waals surface area contributed by atoms with E-state index in [2.05, 4.69) is 41.9 Å². The molecule has 1 atom stereocenters. The summed E-state index contributed by atoms with van der Waals surface area (Å²) in [7, 11) is 2.07. The first-order valence-corrected chi connectivity index (χ1v) is 5.93. The van der Waals surface area contributed by atoms with Gasteiger partial charge in [0.25, 0.3) is 0 Å². The minimum absolute atomic E-state index is 0.156. The third-order valence-electron chi connectivity index (χ3n) is 3.42. The average molecular weight is 241 g/mol. The van der Waals surface area contributed by atoms with Gasteiger partial charge in [-0.1, -0.05) is 30.3 Å². The van der Waals surface area contributed by atoms with Crippen molar-refractivity contribution in [3.8, 4) is 0 Å². The maximum Gasteiger partial charge on any atom is 0.222 e. The molecule has 0 aliphatic rings. The van der Waals surface area contributed by atoms with Crippen LogP contribution < -0.4 is 5.73 Å². The van der Waals surface area contributed by atoms with Crippen LogP contribution in [0.5, 0.6) is 0 Å². The molecule has 2 N–H and O–H groups in total. The van der Waals surface area contributed by atoms with Crippen LogP contribution in [-0.2, 0) is 7.05 Å². The molecule has 4 heteroatoms. The van der Waals surface area contributed by atoms with Crippen LogP contribution in [0.15, 0.2) is 40.9 Å². The van der Waals surface area contributed by atoms with Crippen molar-refractivity contribution in [1.29, 1.82) is 0 Å². The number of para-hydroxylation sites is 1. The van der Waals surface area contributed by atoms with Gasteiger partial charge in [0, 0.05) is 30.2 Å². The van der Waals surface area contributed by atoms with E-state index in [-0.39, 0.29) is 5.92 Å². The number of nitrogen functional groups attached to an aromatic ring is 1. The van der Waals surface area contributed by atoms with Gasteiger partial charge >= 0.3 is 0 Å². The largest absolute Gasteiger partial charge is 0.368 e. The fraction of sp³-hybridized carbons (Fsp3) is 0.214. The molecule has 1 unspecified atom stereocenters. The summed E-state index contributed by atoms with van der Waals surface area (Å²) in [6, 6.07) is 12.3. The van der Waals surface area contributed by atoms with Crippen LogP contribution in [0.3, 0.4) is 0 Å². The number of nitrogens with two attached hydrogens (primary N) is 1. The number of aromatic nitrogens is 2. The molecular formula is C14H15N3O. The molecule has 3 rings (SSSR count). The van der Waals surface area contributed by atoms with E-state index in [4.69, 9.17) is 10.3 Å². The zero-order chi connectivity index (χ0) is 12.7. The average Bonchev–Trinajstić information content (AvgIpc) is 2.94. The molecule has 0 fully saturated rings. The van der Waals surface area contributed by atoms with E-state index in [0.717, 1.165) is 5.69 Å². The van der Waals surface area contributed by atoms with E-state index < -0.39 is 0 Å². The van der Waals surface area contributed by atoms with Gasteiger partial charge in [-0.25, -0.2) is 0 Å². The highest BCUT2D eigenvalue weighted by atomic mass is 16.5. The first kappa shape index (κ1) is 10.9. The number of hydrogen-bond acceptors (Lipinski definition) is 3. The molecule has 0 bridgehead atoms. The summed E-state index contributed by atoms with van der Waals surface area (Å²) in [4.78, 5) is 0. The predicted molar refractivity (Wildman–Crippen MR) is 71.4 cm³/mol. The van der Waals surface area contributed by atoms with Gasteiger partial charge in [-0.3, -0.25) is 0 Å². The Bertz CT molecular complexity index is 696. The Balaban J connectivity index is 2.11. The zero-order valence-electron chi connectivity index (χ0n) is 10.4. The number of aryl methyl sites for hydroxylation is 1. The number of rotatable bonds is 2. The van der Waals surface area contributed by atoms with Crippen LogP contribution in [0.25, 0.3) is 10.9 Å². The molecule has 0 aliphatic carbocycles. The van der Waals surface area contributed by atoms with Gasteiger partial charge in [-0.2, -0.15) is 0 Å². The lowest BCUT2D eigenvalue weighted by Crippen LogP contribution is -2.03. The van der Waals surface area contributed by atoms with Crippen LogP contribution in [0, 0.1) is 0 Å². The quantitative estimate of drug-likeness (QED) is 0.750. The van der Waals surface area contributed by atoms with Crippen molar-refractivity contribution in [3.63, 3.8) is 0 Å². The lowest BCUT2D eigenvalue weighted by atomic mass is 10.0. The number of hydrogen-bond donors (Lipinski definition) is 1. The maximum absolute atomic E-state index is 5.57. The van der Waals surface area contributed by atoms with E-state index in [1.807, 2.05) is 12.1 Å². The molecule has 0 saturated carbocycles. The summed E-state index contributed by atoms with van der Waals surface area (Å²) in [5.74, 6) is 0.513. The lowest BCUT2D eigenvalue weighted by Gasteiger charge is -2.09.